The van der Waals surface area contributed by atoms with E-state index in [0.717, 1.165) is 43.2 Å². The summed E-state index contributed by atoms with van der Waals surface area (Å²) in [6.07, 6.45) is 3.99. The second-order valence-corrected chi connectivity index (χ2v) is 7.56. The van der Waals surface area contributed by atoms with Gasteiger partial charge in [-0.15, -0.1) is 10.2 Å². The van der Waals surface area contributed by atoms with Crippen LogP contribution in [0.25, 0.3) is 0 Å². The van der Waals surface area contributed by atoms with E-state index in [9.17, 15) is 4.79 Å². The lowest BCUT2D eigenvalue weighted by Crippen LogP contribution is -2.32. The van der Waals surface area contributed by atoms with Crippen molar-refractivity contribution in [2.45, 2.75) is 62.5 Å². The van der Waals surface area contributed by atoms with Crippen molar-refractivity contribution in [1.29, 1.82) is 0 Å². The van der Waals surface area contributed by atoms with Crippen LogP contribution >= 0.6 is 11.8 Å². The van der Waals surface area contributed by atoms with Crippen LogP contribution < -0.4 is 5.32 Å². The molecular weight excluding hydrogens is 320 g/mol. The van der Waals surface area contributed by atoms with Gasteiger partial charge in [-0.1, -0.05) is 49.0 Å². The summed E-state index contributed by atoms with van der Waals surface area (Å²) in [5.41, 5.74) is 1.22. The minimum atomic E-state index is -0.157. The van der Waals surface area contributed by atoms with Crippen molar-refractivity contribution in [3.63, 3.8) is 0 Å². The fourth-order valence-corrected chi connectivity index (χ4v) is 3.42. The maximum Gasteiger partial charge on any atom is 0.233 e. The largest absolute Gasteiger partial charge is 0.352 e. The molecule has 1 N–H and O–H groups in total. The van der Waals surface area contributed by atoms with Crippen LogP contribution in [0.5, 0.6) is 0 Å². The van der Waals surface area contributed by atoms with Gasteiger partial charge in [-0.2, -0.15) is 0 Å². The Balaban J connectivity index is 1.71. The van der Waals surface area contributed by atoms with E-state index in [-0.39, 0.29) is 11.2 Å². The molecule has 0 unspecified atom stereocenters. The first kappa shape index (κ1) is 17.0. The number of hydrogen-bond acceptors (Lipinski definition) is 4. The summed E-state index contributed by atoms with van der Waals surface area (Å²) in [6.45, 7) is 4.95. The Labute approximate surface area is 147 Å². The number of carbonyl (C=O) groups is 1. The molecule has 3 rings (SSSR count). The lowest BCUT2D eigenvalue weighted by Gasteiger charge is -2.13. The van der Waals surface area contributed by atoms with Gasteiger partial charge in [-0.25, -0.2) is 0 Å². The Bertz CT molecular complexity index is 682. The van der Waals surface area contributed by atoms with E-state index in [1.807, 2.05) is 25.1 Å². The van der Waals surface area contributed by atoms with Crippen LogP contribution in [-0.2, 0) is 17.8 Å². The lowest BCUT2D eigenvalue weighted by atomic mass is 10.1. The maximum atomic E-state index is 12.2. The third-order valence-electron chi connectivity index (χ3n) is 4.02. The van der Waals surface area contributed by atoms with Gasteiger partial charge < -0.3 is 9.88 Å². The second kappa shape index (κ2) is 7.83. The van der Waals surface area contributed by atoms with Gasteiger partial charge in [0.15, 0.2) is 5.16 Å². The standard InChI is InChI=1S/C18H24N4OS/c1-3-11-22-16(12-14-7-5-4-6-8-14)20-21-18(22)24-13(2)17(23)19-15-9-10-15/h4-8,13,15H,3,9-12H2,1-2H3,(H,19,23)/t13-/m0/s1. The summed E-state index contributed by atoms with van der Waals surface area (Å²) in [7, 11) is 0. The third-order valence-corrected chi connectivity index (χ3v) is 5.10. The van der Waals surface area contributed by atoms with E-state index < -0.39 is 0 Å². The molecule has 1 atom stereocenters. The molecule has 1 aromatic carbocycles. The molecule has 1 heterocycles. The smallest absolute Gasteiger partial charge is 0.233 e. The molecular formula is C18H24N4OS. The van der Waals surface area contributed by atoms with Crippen molar-refractivity contribution in [3.05, 3.63) is 41.7 Å². The molecule has 0 radical (unpaired) electrons. The van der Waals surface area contributed by atoms with Crippen molar-refractivity contribution in [3.8, 4) is 0 Å². The van der Waals surface area contributed by atoms with Crippen LogP contribution in [0.15, 0.2) is 35.5 Å². The molecule has 0 saturated heterocycles. The van der Waals surface area contributed by atoms with Gasteiger partial charge in [0.2, 0.25) is 5.91 Å². The number of rotatable bonds is 8. The predicted molar refractivity (Wildman–Crippen MR) is 96.0 cm³/mol. The molecule has 0 spiro atoms. The first-order chi connectivity index (χ1) is 11.7. The summed E-state index contributed by atoms with van der Waals surface area (Å²) in [4.78, 5) is 12.2. The molecule has 0 aliphatic heterocycles. The zero-order chi connectivity index (χ0) is 16.9. The Morgan fingerprint density at radius 3 is 2.75 bits per heavy atom. The van der Waals surface area contributed by atoms with E-state index in [2.05, 4.69) is 39.1 Å². The highest BCUT2D eigenvalue weighted by Crippen LogP contribution is 2.25. The highest BCUT2D eigenvalue weighted by Gasteiger charge is 2.27. The van der Waals surface area contributed by atoms with E-state index in [1.54, 1.807) is 0 Å². The number of carbonyl (C=O) groups excluding carboxylic acids is 1. The highest BCUT2D eigenvalue weighted by atomic mass is 32.2. The normalized spacial score (nSPS) is 15.2. The molecule has 1 saturated carbocycles. The molecule has 1 aliphatic carbocycles. The maximum absolute atomic E-state index is 12.2. The molecule has 0 bridgehead atoms. The average molecular weight is 344 g/mol. The quantitative estimate of drug-likeness (QED) is 0.748. The minimum Gasteiger partial charge on any atom is -0.352 e. The van der Waals surface area contributed by atoms with Crippen molar-refractivity contribution >= 4 is 17.7 Å². The SMILES string of the molecule is CCCn1c(Cc2ccccc2)nnc1S[C@@H](C)C(=O)NC1CC1. The molecule has 24 heavy (non-hydrogen) atoms. The van der Waals surface area contributed by atoms with Gasteiger partial charge in [0.1, 0.15) is 5.82 Å². The van der Waals surface area contributed by atoms with Crippen LogP contribution in [0.4, 0.5) is 0 Å². The van der Waals surface area contributed by atoms with E-state index in [1.165, 1.54) is 17.3 Å². The monoisotopic (exact) mass is 344 g/mol. The van der Waals surface area contributed by atoms with E-state index in [0.29, 0.717) is 6.04 Å². The number of nitrogens with zero attached hydrogens (tertiary/aromatic N) is 3. The first-order valence-electron chi connectivity index (χ1n) is 8.60. The number of amides is 1. The van der Waals surface area contributed by atoms with Crippen molar-refractivity contribution in [2.75, 3.05) is 0 Å². The van der Waals surface area contributed by atoms with Crippen molar-refractivity contribution in [1.82, 2.24) is 20.1 Å². The Morgan fingerprint density at radius 2 is 2.08 bits per heavy atom. The van der Waals surface area contributed by atoms with Crippen LogP contribution in [-0.4, -0.2) is 32.0 Å². The van der Waals surface area contributed by atoms with E-state index in [4.69, 9.17) is 0 Å². The van der Waals surface area contributed by atoms with Gasteiger partial charge in [-0.05, 0) is 31.7 Å². The van der Waals surface area contributed by atoms with Crippen LogP contribution in [0.1, 0.15) is 44.5 Å². The molecule has 128 valence electrons. The fraction of sp³-hybridized carbons (Fsp3) is 0.500. The zero-order valence-corrected chi connectivity index (χ0v) is 15.1. The number of thioether (sulfide) groups is 1. The van der Waals surface area contributed by atoms with Crippen molar-refractivity contribution in [2.24, 2.45) is 0 Å². The zero-order valence-electron chi connectivity index (χ0n) is 14.2. The summed E-state index contributed by atoms with van der Waals surface area (Å²) in [6, 6.07) is 10.7. The molecule has 6 heteroatoms. The third kappa shape index (κ3) is 4.38. The predicted octanol–water partition coefficient (Wildman–Crippen LogP) is 3.04. The average Bonchev–Trinajstić information content (AvgIpc) is 3.33. The van der Waals surface area contributed by atoms with Crippen molar-refractivity contribution < 1.29 is 4.79 Å². The highest BCUT2D eigenvalue weighted by molar-refractivity contribution is 8.00. The number of hydrogen-bond donors (Lipinski definition) is 1. The lowest BCUT2D eigenvalue weighted by molar-refractivity contribution is -0.120. The Kier molecular flexibility index (Phi) is 5.56. The number of benzene rings is 1. The molecule has 1 amide bonds. The molecule has 5 nitrogen and oxygen atoms in total. The van der Waals surface area contributed by atoms with E-state index >= 15 is 0 Å². The second-order valence-electron chi connectivity index (χ2n) is 6.26. The van der Waals surface area contributed by atoms with Gasteiger partial charge in [0.25, 0.3) is 0 Å². The van der Waals surface area contributed by atoms with Gasteiger partial charge in [0, 0.05) is 19.0 Å². The molecule has 1 aromatic heterocycles. The molecule has 2 aromatic rings. The van der Waals surface area contributed by atoms with Crippen LogP contribution in [0.3, 0.4) is 0 Å². The summed E-state index contributed by atoms with van der Waals surface area (Å²) < 4.78 is 2.15. The minimum absolute atomic E-state index is 0.0955. The first-order valence-corrected chi connectivity index (χ1v) is 9.48. The molecule has 1 aliphatic rings. The van der Waals surface area contributed by atoms with Crippen LogP contribution in [0, 0.1) is 0 Å². The fourth-order valence-electron chi connectivity index (χ4n) is 2.52. The Hall–Kier alpha value is -1.82. The van der Waals surface area contributed by atoms with Gasteiger partial charge in [-0.3, -0.25) is 4.79 Å². The number of nitrogens with one attached hydrogen (secondary N) is 1. The summed E-state index contributed by atoms with van der Waals surface area (Å²) in [5, 5.41) is 12.5. The summed E-state index contributed by atoms with van der Waals surface area (Å²) in [5.74, 6) is 1.05. The van der Waals surface area contributed by atoms with Gasteiger partial charge >= 0.3 is 0 Å². The molecule has 1 fully saturated rings. The van der Waals surface area contributed by atoms with Crippen LogP contribution in [0.2, 0.25) is 0 Å². The summed E-state index contributed by atoms with van der Waals surface area (Å²) >= 11 is 1.50. The Morgan fingerprint density at radius 1 is 1.33 bits per heavy atom. The topological polar surface area (TPSA) is 59.8 Å². The van der Waals surface area contributed by atoms with Gasteiger partial charge in [0.05, 0.1) is 5.25 Å². The number of aromatic nitrogens is 3.